The molecule has 0 aromatic heterocycles. The molecule has 0 fully saturated rings. The molecular formula is C22H19NO4. The van der Waals surface area contributed by atoms with Crippen molar-refractivity contribution in [1.82, 2.24) is 0 Å². The van der Waals surface area contributed by atoms with Gasteiger partial charge in [0, 0.05) is 5.56 Å². The SMILES string of the molecule is Cc1ccc(Oc2ccc(C(=O)Nc3ccccc3C(=O)O)cc2)cc1C. The van der Waals surface area contributed by atoms with Crippen molar-refractivity contribution in [2.24, 2.45) is 0 Å². The molecule has 27 heavy (non-hydrogen) atoms. The minimum Gasteiger partial charge on any atom is -0.478 e. The fraction of sp³-hybridized carbons (Fsp3) is 0.0909. The van der Waals surface area contributed by atoms with Gasteiger partial charge in [0.1, 0.15) is 11.5 Å². The van der Waals surface area contributed by atoms with Crippen LogP contribution in [-0.2, 0) is 0 Å². The summed E-state index contributed by atoms with van der Waals surface area (Å²) in [5.41, 5.74) is 3.03. The maximum atomic E-state index is 12.4. The Kier molecular flexibility index (Phi) is 5.22. The third-order valence-corrected chi connectivity index (χ3v) is 4.24. The van der Waals surface area contributed by atoms with E-state index in [4.69, 9.17) is 4.74 Å². The summed E-state index contributed by atoms with van der Waals surface area (Å²) in [7, 11) is 0. The van der Waals surface area contributed by atoms with Crippen LogP contribution in [0.3, 0.4) is 0 Å². The normalized spacial score (nSPS) is 10.3. The van der Waals surface area contributed by atoms with Gasteiger partial charge in [-0.15, -0.1) is 0 Å². The number of carboxylic acid groups (broad SMARTS) is 1. The molecule has 3 aromatic carbocycles. The van der Waals surface area contributed by atoms with Crippen molar-refractivity contribution in [2.45, 2.75) is 13.8 Å². The van der Waals surface area contributed by atoms with Crippen LogP contribution in [0, 0.1) is 13.8 Å². The third-order valence-electron chi connectivity index (χ3n) is 4.24. The molecule has 0 aliphatic carbocycles. The van der Waals surface area contributed by atoms with Gasteiger partial charge in [0.15, 0.2) is 0 Å². The lowest BCUT2D eigenvalue weighted by molar-refractivity contribution is 0.0698. The standard InChI is InChI=1S/C22H19NO4/c1-14-7-10-18(13-15(14)2)27-17-11-8-16(9-12-17)21(24)23-20-6-4-3-5-19(20)22(25)26/h3-13H,1-2H3,(H,23,24)(H,25,26). The highest BCUT2D eigenvalue weighted by atomic mass is 16.5. The number of benzene rings is 3. The number of aromatic carboxylic acids is 1. The van der Waals surface area contributed by atoms with Crippen LogP contribution in [0.2, 0.25) is 0 Å². The van der Waals surface area contributed by atoms with Gasteiger partial charge in [-0.2, -0.15) is 0 Å². The Morgan fingerprint density at radius 3 is 2.19 bits per heavy atom. The third kappa shape index (κ3) is 4.33. The smallest absolute Gasteiger partial charge is 0.337 e. The molecule has 0 heterocycles. The highest BCUT2D eigenvalue weighted by molar-refractivity contribution is 6.07. The number of rotatable bonds is 5. The number of hydrogen-bond acceptors (Lipinski definition) is 3. The number of nitrogens with one attached hydrogen (secondary N) is 1. The molecular weight excluding hydrogens is 342 g/mol. The van der Waals surface area contributed by atoms with Crippen LogP contribution >= 0.6 is 0 Å². The summed E-state index contributed by atoms with van der Waals surface area (Å²) in [6, 6.07) is 18.8. The number of carbonyl (C=O) groups is 2. The zero-order valence-corrected chi connectivity index (χ0v) is 15.0. The number of para-hydroxylation sites is 1. The molecule has 3 rings (SSSR count). The lowest BCUT2D eigenvalue weighted by Crippen LogP contribution is -2.14. The molecule has 0 aliphatic heterocycles. The van der Waals surface area contributed by atoms with E-state index in [0.29, 0.717) is 11.3 Å². The number of anilines is 1. The molecule has 0 bridgehead atoms. The molecule has 0 aliphatic rings. The maximum absolute atomic E-state index is 12.4. The number of aryl methyl sites for hydroxylation is 2. The van der Waals surface area contributed by atoms with E-state index in [0.717, 1.165) is 11.3 Å². The zero-order chi connectivity index (χ0) is 19.4. The van der Waals surface area contributed by atoms with E-state index in [1.807, 2.05) is 32.0 Å². The van der Waals surface area contributed by atoms with Crippen molar-refractivity contribution in [3.63, 3.8) is 0 Å². The first-order chi connectivity index (χ1) is 12.9. The monoisotopic (exact) mass is 361 g/mol. The zero-order valence-electron chi connectivity index (χ0n) is 15.0. The van der Waals surface area contributed by atoms with Crippen LogP contribution < -0.4 is 10.1 Å². The van der Waals surface area contributed by atoms with E-state index in [-0.39, 0.29) is 17.2 Å². The minimum atomic E-state index is -1.09. The van der Waals surface area contributed by atoms with E-state index in [1.54, 1.807) is 42.5 Å². The van der Waals surface area contributed by atoms with Gasteiger partial charge in [0.25, 0.3) is 5.91 Å². The Bertz CT molecular complexity index is 993. The lowest BCUT2D eigenvalue weighted by Gasteiger charge is -2.10. The molecule has 5 heteroatoms. The molecule has 0 radical (unpaired) electrons. The average Bonchev–Trinajstić information content (AvgIpc) is 2.65. The second-order valence-electron chi connectivity index (χ2n) is 6.18. The lowest BCUT2D eigenvalue weighted by atomic mass is 10.1. The topological polar surface area (TPSA) is 75.6 Å². The highest BCUT2D eigenvalue weighted by Gasteiger charge is 2.13. The first-order valence-electron chi connectivity index (χ1n) is 8.43. The van der Waals surface area contributed by atoms with Gasteiger partial charge in [-0.25, -0.2) is 4.79 Å². The maximum Gasteiger partial charge on any atom is 0.337 e. The van der Waals surface area contributed by atoms with E-state index < -0.39 is 5.97 Å². The number of amides is 1. The molecule has 5 nitrogen and oxygen atoms in total. The van der Waals surface area contributed by atoms with Crippen LogP contribution in [0.1, 0.15) is 31.8 Å². The first-order valence-corrected chi connectivity index (χ1v) is 8.43. The first kappa shape index (κ1) is 18.2. The Morgan fingerprint density at radius 1 is 0.852 bits per heavy atom. The van der Waals surface area contributed by atoms with Gasteiger partial charge in [0.05, 0.1) is 11.3 Å². The van der Waals surface area contributed by atoms with Crippen LogP contribution in [0.4, 0.5) is 5.69 Å². The van der Waals surface area contributed by atoms with Crippen LogP contribution in [0.15, 0.2) is 66.7 Å². The largest absolute Gasteiger partial charge is 0.478 e. The summed E-state index contributed by atoms with van der Waals surface area (Å²) in [6.07, 6.45) is 0. The van der Waals surface area contributed by atoms with E-state index in [1.165, 1.54) is 11.6 Å². The van der Waals surface area contributed by atoms with E-state index in [2.05, 4.69) is 5.32 Å². The molecule has 1 amide bonds. The molecule has 136 valence electrons. The van der Waals surface area contributed by atoms with Gasteiger partial charge < -0.3 is 15.2 Å². The summed E-state index contributed by atoms with van der Waals surface area (Å²) < 4.78 is 5.81. The Labute approximate surface area is 157 Å². The van der Waals surface area contributed by atoms with E-state index >= 15 is 0 Å². The highest BCUT2D eigenvalue weighted by Crippen LogP contribution is 2.24. The number of carbonyl (C=O) groups excluding carboxylic acids is 1. The van der Waals surface area contributed by atoms with Crippen molar-refractivity contribution < 1.29 is 19.4 Å². The predicted octanol–water partition coefficient (Wildman–Crippen LogP) is 5.05. The molecule has 0 saturated carbocycles. The van der Waals surface area contributed by atoms with Gasteiger partial charge >= 0.3 is 5.97 Å². The fourth-order valence-corrected chi connectivity index (χ4v) is 2.56. The summed E-state index contributed by atoms with van der Waals surface area (Å²) in [6.45, 7) is 4.06. The van der Waals surface area contributed by atoms with Crippen molar-refractivity contribution >= 4 is 17.6 Å². The van der Waals surface area contributed by atoms with Crippen LogP contribution in [0.25, 0.3) is 0 Å². The second kappa shape index (κ2) is 7.74. The Hall–Kier alpha value is -3.60. The molecule has 2 N–H and O–H groups in total. The quantitative estimate of drug-likeness (QED) is 0.667. The summed E-state index contributed by atoms with van der Waals surface area (Å²) in [4.78, 5) is 23.6. The summed E-state index contributed by atoms with van der Waals surface area (Å²) >= 11 is 0. The minimum absolute atomic E-state index is 0.0422. The van der Waals surface area contributed by atoms with Crippen LogP contribution in [0.5, 0.6) is 11.5 Å². The van der Waals surface area contributed by atoms with Crippen molar-refractivity contribution in [3.05, 3.63) is 89.0 Å². The molecule has 0 saturated heterocycles. The Balaban J connectivity index is 1.72. The summed E-state index contributed by atoms with van der Waals surface area (Å²) in [5.74, 6) is -0.143. The summed E-state index contributed by atoms with van der Waals surface area (Å²) in [5, 5.41) is 11.8. The van der Waals surface area contributed by atoms with Gasteiger partial charge in [-0.3, -0.25) is 4.79 Å². The molecule has 0 atom stereocenters. The van der Waals surface area contributed by atoms with E-state index in [9.17, 15) is 14.7 Å². The molecule has 0 unspecified atom stereocenters. The van der Waals surface area contributed by atoms with Crippen molar-refractivity contribution in [3.8, 4) is 11.5 Å². The molecule has 0 spiro atoms. The number of hydrogen-bond donors (Lipinski definition) is 2. The van der Waals surface area contributed by atoms with Gasteiger partial charge in [0.2, 0.25) is 0 Å². The van der Waals surface area contributed by atoms with Crippen molar-refractivity contribution in [2.75, 3.05) is 5.32 Å². The second-order valence-corrected chi connectivity index (χ2v) is 6.18. The predicted molar refractivity (Wildman–Crippen MR) is 104 cm³/mol. The van der Waals surface area contributed by atoms with Crippen LogP contribution in [-0.4, -0.2) is 17.0 Å². The van der Waals surface area contributed by atoms with Gasteiger partial charge in [-0.05, 0) is 73.5 Å². The molecule has 3 aromatic rings. The van der Waals surface area contributed by atoms with Crippen molar-refractivity contribution in [1.29, 1.82) is 0 Å². The average molecular weight is 361 g/mol. The Morgan fingerprint density at radius 2 is 1.52 bits per heavy atom. The number of ether oxygens (including phenoxy) is 1. The van der Waals surface area contributed by atoms with Gasteiger partial charge in [-0.1, -0.05) is 18.2 Å². The number of carboxylic acids is 1. The fourth-order valence-electron chi connectivity index (χ4n) is 2.56.